The fourth-order valence-electron chi connectivity index (χ4n) is 2.01. The zero-order valence-electron chi connectivity index (χ0n) is 13.3. The maximum Gasteiger partial charge on any atom is 0.259 e. The Morgan fingerprint density at radius 2 is 1.74 bits per heavy atom. The molecule has 0 unspecified atom stereocenters. The third kappa shape index (κ3) is 5.21. The topological polar surface area (TPSA) is 53.5 Å². The minimum absolute atomic E-state index is 0.132. The lowest BCUT2D eigenvalue weighted by Gasteiger charge is -2.07. The van der Waals surface area contributed by atoms with Gasteiger partial charge in [-0.2, -0.15) is 5.10 Å². The number of hydrogen-bond acceptors (Lipinski definition) is 3. The number of nitrogens with zero attached hydrogens (tertiary/aromatic N) is 1. The van der Waals surface area contributed by atoms with Crippen molar-refractivity contribution >= 4 is 17.3 Å². The lowest BCUT2D eigenvalue weighted by molar-refractivity contribution is -0.119. The number of carbonyl (C=O) groups excluding carboxylic acids is 1. The maximum atomic E-state index is 12.9. The number of halogens is 1. The summed E-state index contributed by atoms with van der Waals surface area (Å²) in [7, 11) is 0. The highest BCUT2D eigenvalue weighted by Gasteiger charge is 2.04. The third-order valence-corrected chi connectivity index (χ3v) is 3.33. The van der Waals surface area contributed by atoms with Crippen LogP contribution in [0.2, 0.25) is 0 Å². The number of aryl methyl sites for hydroxylation is 1. The largest absolute Gasteiger partial charge is 0.376 e. The van der Waals surface area contributed by atoms with Gasteiger partial charge in [-0.1, -0.05) is 36.8 Å². The third-order valence-electron chi connectivity index (χ3n) is 3.33. The van der Waals surface area contributed by atoms with Gasteiger partial charge in [0.1, 0.15) is 5.82 Å². The van der Waals surface area contributed by atoms with Gasteiger partial charge >= 0.3 is 0 Å². The van der Waals surface area contributed by atoms with Crippen molar-refractivity contribution in [3.63, 3.8) is 0 Å². The molecular formula is C18H20FN3O. The van der Waals surface area contributed by atoms with Crippen LogP contribution in [0.4, 0.5) is 10.1 Å². The molecule has 0 atom stereocenters. The lowest BCUT2D eigenvalue weighted by atomic mass is 10.1. The van der Waals surface area contributed by atoms with Crippen molar-refractivity contribution in [3.8, 4) is 0 Å². The monoisotopic (exact) mass is 313 g/mol. The molecule has 4 nitrogen and oxygen atoms in total. The van der Waals surface area contributed by atoms with E-state index in [9.17, 15) is 9.18 Å². The number of anilines is 1. The van der Waals surface area contributed by atoms with Crippen molar-refractivity contribution in [3.05, 3.63) is 65.5 Å². The average Bonchev–Trinajstić information content (AvgIpc) is 2.56. The van der Waals surface area contributed by atoms with E-state index >= 15 is 0 Å². The Balaban J connectivity index is 1.90. The molecule has 2 aromatic rings. The summed E-state index contributed by atoms with van der Waals surface area (Å²) in [6.45, 7) is 4.07. The normalized spacial score (nSPS) is 11.2. The molecule has 0 saturated carbocycles. The van der Waals surface area contributed by atoms with E-state index in [0.29, 0.717) is 12.1 Å². The molecule has 23 heavy (non-hydrogen) atoms. The summed E-state index contributed by atoms with van der Waals surface area (Å²) in [5.74, 6) is -0.533. The zero-order valence-corrected chi connectivity index (χ0v) is 13.3. The summed E-state index contributed by atoms with van der Waals surface area (Å²) < 4.78 is 12.9. The Bertz CT molecular complexity index is 678. The minimum Gasteiger partial charge on any atom is -0.376 e. The van der Waals surface area contributed by atoms with Crippen molar-refractivity contribution < 1.29 is 9.18 Å². The summed E-state index contributed by atoms with van der Waals surface area (Å²) >= 11 is 0. The highest BCUT2D eigenvalue weighted by atomic mass is 19.1. The summed E-state index contributed by atoms with van der Waals surface area (Å²) in [5.41, 5.74) is 6.06. The van der Waals surface area contributed by atoms with E-state index in [1.54, 1.807) is 12.1 Å². The summed E-state index contributed by atoms with van der Waals surface area (Å²) in [6.07, 6.45) is 0.636. The number of hydrazone groups is 1. The molecule has 0 heterocycles. The summed E-state index contributed by atoms with van der Waals surface area (Å²) in [5, 5.41) is 7.15. The molecule has 120 valence electrons. The molecule has 0 aliphatic heterocycles. The van der Waals surface area contributed by atoms with Crippen LogP contribution in [-0.4, -0.2) is 18.2 Å². The standard InChI is InChI=1S/C18H20FN3O/c1-3-17(14-6-8-15(19)9-7-14)21-22-18(23)12-20-16-10-4-13(2)5-11-16/h4-11,20H,3,12H2,1-2H3,(H,22,23)/b21-17-. The van der Waals surface area contributed by atoms with Crippen LogP contribution in [0.1, 0.15) is 24.5 Å². The molecule has 2 N–H and O–H groups in total. The number of nitrogens with one attached hydrogen (secondary N) is 2. The van der Waals surface area contributed by atoms with E-state index in [4.69, 9.17) is 0 Å². The van der Waals surface area contributed by atoms with Crippen LogP contribution in [0.25, 0.3) is 0 Å². The lowest BCUT2D eigenvalue weighted by Crippen LogP contribution is -2.27. The molecule has 0 fully saturated rings. The van der Waals surface area contributed by atoms with Gasteiger partial charge in [-0.15, -0.1) is 0 Å². The Morgan fingerprint density at radius 3 is 2.35 bits per heavy atom. The molecule has 0 bridgehead atoms. The summed E-state index contributed by atoms with van der Waals surface area (Å²) in [6, 6.07) is 13.8. The molecule has 2 aromatic carbocycles. The number of carbonyl (C=O) groups is 1. The quantitative estimate of drug-likeness (QED) is 0.634. The molecule has 0 aliphatic carbocycles. The minimum atomic E-state index is -0.296. The number of rotatable bonds is 6. The SMILES string of the molecule is CC/C(=N/NC(=O)CNc1ccc(C)cc1)c1ccc(F)cc1. The maximum absolute atomic E-state index is 12.9. The van der Waals surface area contributed by atoms with E-state index in [1.165, 1.54) is 12.1 Å². The van der Waals surface area contributed by atoms with Gasteiger partial charge in [-0.25, -0.2) is 9.82 Å². The first-order valence-electron chi connectivity index (χ1n) is 7.50. The fourth-order valence-corrected chi connectivity index (χ4v) is 2.01. The second-order valence-electron chi connectivity index (χ2n) is 5.17. The van der Waals surface area contributed by atoms with Gasteiger partial charge in [0.05, 0.1) is 12.3 Å². The second-order valence-corrected chi connectivity index (χ2v) is 5.17. The van der Waals surface area contributed by atoms with Gasteiger partial charge in [-0.3, -0.25) is 4.79 Å². The molecule has 0 spiro atoms. The van der Waals surface area contributed by atoms with E-state index < -0.39 is 0 Å². The van der Waals surface area contributed by atoms with E-state index in [-0.39, 0.29) is 18.3 Å². The van der Waals surface area contributed by atoms with Gasteiger partial charge in [0.25, 0.3) is 5.91 Å². The predicted molar refractivity (Wildman–Crippen MR) is 91.0 cm³/mol. The molecule has 2 rings (SSSR count). The smallest absolute Gasteiger partial charge is 0.259 e. The Labute approximate surface area is 135 Å². The van der Waals surface area contributed by atoms with Crippen molar-refractivity contribution in [2.24, 2.45) is 5.10 Å². The predicted octanol–water partition coefficient (Wildman–Crippen LogP) is 3.48. The molecule has 1 amide bonds. The number of amides is 1. The van der Waals surface area contributed by atoms with Gasteiger partial charge in [0.15, 0.2) is 0 Å². The first kappa shape index (κ1) is 16.7. The second kappa shape index (κ2) is 8.08. The molecule has 0 aliphatic rings. The molecule has 0 aromatic heterocycles. The van der Waals surface area contributed by atoms with Crippen LogP contribution in [0.3, 0.4) is 0 Å². The highest BCUT2D eigenvalue weighted by molar-refractivity contribution is 6.01. The molecule has 5 heteroatoms. The van der Waals surface area contributed by atoms with E-state index in [1.807, 2.05) is 38.1 Å². The van der Waals surface area contributed by atoms with Gasteiger partial charge in [0.2, 0.25) is 0 Å². The van der Waals surface area contributed by atoms with Crippen molar-refractivity contribution in [1.29, 1.82) is 0 Å². The Kier molecular flexibility index (Phi) is 5.86. The van der Waals surface area contributed by atoms with E-state index in [2.05, 4.69) is 15.8 Å². The first-order valence-corrected chi connectivity index (χ1v) is 7.50. The highest BCUT2D eigenvalue weighted by Crippen LogP contribution is 2.08. The van der Waals surface area contributed by atoms with Gasteiger partial charge < -0.3 is 5.32 Å². The zero-order chi connectivity index (χ0) is 16.7. The van der Waals surface area contributed by atoms with Crippen LogP contribution in [0.5, 0.6) is 0 Å². The number of benzene rings is 2. The van der Waals surface area contributed by atoms with Crippen molar-refractivity contribution in [2.75, 3.05) is 11.9 Å². The van der Waals surface area contributed by atoms with Crippen LogP contribution < -0.4 is 10.7 Å². The Hall–Kier alpha value is -2.69. The van der Waals surface area contributed by atoms with E-state index in [0.717, 1.165) is 16.8 Å². The summed E-state index contributed by atoms with van der Waals surface area (Å²) in [4.78, 5) is 11.8. The van der Waals surface area contributed by atoms with Crippen LogP contribution in [0, 0.1) is 12.7 Å². The van der Waals surface area contributed by atoms with Crippen LogP contribution >= 0.6 is 0 Å². The number of hydrogen-bond donors (Lipinski definition) is 2. The van der Waals surface area contributed by atoms with Gasteiger partial charge in [0, 0.05) is 5.69 Å². The van der Waals surface area contributed by atoms with Crippen molar-refractivity contribution in [1.82, 2.24) is 5.43 Å². The van der Waals surface area contributed by atoms with Gasteiger partial charge in [-0.05, 0) is 43.2 Å². The molecular weight excluding hydrogens is 293 g/mol. The van der Waals surface area contributed by atoms with Crippen LogP contribution in [0.15, 0.2) is 53.6 Å². The Morgan fingerprint density at radius 1 is 1.09 bits per heavy atom. The first-order chi connectivity index (χ1) is 11.1. The average molecular weight is 313 g/mol. The molecule has 0 saturated heterocycles. The van der Waals surface area contributed by atoms with Crippen molar-refractivity contribution in [2.45, 2.75) is 20.3 Å². The van der Waals surface area contributed by atoms with Crippen LogP contribution in [-0.2, 0) is 4.79 Å². The molecule has 0 radical (unpaired) electrons. The fraction of sp³-hybridized carbons (Fsp3) is 0.222.